The molecule has 0 radical (unpaired) electrons. The molecular formula is C10H14N2O3. The Morgan fingerprint density at radius 3 is 2.87 bits per heavy atom. The van der Waals surface area contributed by atoms with E-state index >= 15 is 0 Å². The first-order valence-electron chi connectivity index (χ1n) is 4.67. The van der Waals surface area contributed by atoms with Crippen molar-refractivity contribution in [2.24, 2.45) is 5.73 Å². The molecular weight excluding hydrogens is 196 g/mol. The molecule has 0 spiro atoms. The highest BCUT2D eigenvalue weighted by molar-refractivity contribution is 5.88. The second kappa shape index (κ2) is 4.75. The largest absolute Gasteiger partial charge is 0.478 e. The molecule has 5 nitrogen and oxygen atoms in total. The Morgan fingerprint density at radius 2 is 2.33 bits per heavy atom. The normalized spacial score (nSPS) is 21.7. The lowest BCUT2D eigenvalue weighted by Gasteiger charge is -2.16. The number of hydrogen-bond acceptors (Lipinski definition) is 3. The van der Waals surface area contributed by atoms with E-state index in [2.05, 4.69) is 5.32 Å². The Balaban J connectivity index is 2.63. The topological polar surface area (TPSA) is 92.4 Å². The summed E-state index contributed by atoms with van der Waals surface area (Å²) in [7, 11) is 0. The number of hydrogen-bond donors (Lipinski definition) is 3. The lowest BCUT2D eigenvalue weighted by Crippen LogP contribution is -2.43. The average Bonchev–Trinajstić information content (AvgIpc) is 2.18. The van der Waals surface area contributed by atoms with Gasteiger partial charge in [-0.2, -0.15) is 0 Å². The Hall–Kier alpha value is -1.62. The van der Waals surface area contributed by atoms with E-state index < -0.39 is 12.0 Å². The molecule has 2 atom stereocenters. The molecule has 2 unspecified atom stereocenters. The van der Waals surface area contributed by atoms with Gasteiger partial charge in [-0.15, -0.1) is 0 Å². The summed E-state index contributed by atoms with van der Waals surface area (Å²) >= 11 is 0. The van der Waals surface area contributed by atoms with Gasteiger partial charge >= 0.3 is 5.97 Å². The van der Waals surface area contributed by atoms with Gasteiger partial charge in [-0.3, -0.25) is 4.79 Å². The minimum atomic E-state index is -0.959. The maximum absolute atomic E-state index is 11.2. The van der Waals surface area contributed by atoms with Crippen LogP contribution in [0.3, 0.4) is 0 Å². The summed E-state index contributed by atoms with van der Waals surface area (Å²) in [5, 5.41) is 11.4. The van der Waals surface area contributed by atoms with Crippen LogP contribution >= 0.6 is 0 Å². The molecule has 0 aromatic carbocycles. The van der Waals surface area contributed by atoms with Gasteiger partial charge in [0.25, 0.3) is 0 Å². The molecule has 5 heteroatoms. The number of carboxylic acids is 1. The minimum Gasteiger partial charge on any atom is -0.478 e. The number of allylic oxidation sites excluding steroid dienone is 1. The van der Waals surface area contributed by atoms with E-state index in [1.807, 2.05) is 0 Å². The fourth-order valence-electron chi connectivity index (χ4n) is 1.23. The molecule has 0 aromatic heterocycles. The highest BCUT2D eigenvalue weighted by Crippen LogP contribution is 2.11. The van der Waals surface area contributed by atoms with Crippen molar-refractivity contribution in [1.82, 2.24) is 5.32 Å². The van der Waals surface area contributed by atoms with Gasteiger partial charge < -0.3 is 16.2 Å². The molecule has 0 heterocycles. The molecule has 1 rings (SSSR count). The van der Waals surface area contributed by atoms with Crippen molar-refractivity contribution in [3.05, 3.63) is 23.8 Å². The van der Waals surface area contributed by atoms with E-state index in [0.717, 1.165) is 0 Å². The van der Waals surface area contributed by atoms with Gasteiger partial charge in [-0.25, -0.2) is 4.79 Å². The van der Waals surface area contributed by atoms with Gasteiger partial charge in [0.05, 0.1) is 12.1 Å². The van der Waals surface area contributed by atoms with Crippen LogP contribution in [0.4, 0.5) is 0 Å². The average molecular weight is 210 g/mol. The Kier molecular flexibility index (Phi) is 3.62. The van der Waals surface area contributed by atoms with Crippen LogP contribution in [0, 0.1) is 0 Å². The van der Waals surface area contributed by atoms with E-state index in [4.69, 9.17) is 10.8 Å². The van der Waals surface area contributed by atoms with Crippen LogP contribution in [0.5, 0.6) is 0 Å². The highest BCUT2D eigenvalue weighted by atomic mass is 16.4. The molecule has 1 aliphatic carbocycles. The van der Waals surface area contributed by atoms with Crippen LogP contribution in [0.15, 0.2) is 23.8 Å². The Morgan fingerprint density at radius 1 is 1.67 bits per heavy atom. The number of amides is 1. The second-order valence-corrected chi connectivity index (χ2v) is 3.45. The summed E-state index contributed by atoms with van der Waals surface area (Å²) in [6.07, 6.45) is 5.37. The molecule has 0 aromatic rings. The third-order valence-electron chi connectivity index (χ3n) is 2.06. The van der Waals surface area contributed by atoms with Crippen LogP contribution in [0.25, 0.3) is 0 Å². The third-order valence-corrected chi connectivity index (χ3v) is 2.06. The van der Waals surface area contributed by atoms with Crippen molar-refractivity contribution >= 4 is 11.9 Å². The second-order valence-electron chi connectivity index (χ2n) is 3.45. The van der Waals surface area contributed by atoms with E-state index in [1.54, 1.807) is 19.1 Å². The van der Waals surface area contributed by atoms with Crippen molar-refractivity contribution in [2.45, 2.75) is 25.4 Å². The zero-order chi connectivity index (χ0) is 11.4. The first-order chi connectivity index (χ1) is 7.00. The third kappa shape index (κ3) is 3.21. The Labute approximate surface area is 87.6 Å². The van der Waals surface area contributed by atoms with Crippen molar-refractivity contribution in [1.29, 1.82) is 0 Å². The lowest BCUT2D eigenvalue weighted by atomic mass is 10.0. The number of carbonyl (C=O) groups excluding carboxylic acids is 1. The smallest absolute Gasteiger partial charge is 0.331 e. The van der Waals surface area contributed by atoms with E-state index in [-0.39, 0.29) is 17.5 Å². The van der Waals surface area contributed by atoms with Crippen molar-refractivity contribution in [2.75, 3.05) is 0 Å². The fraction of sp³-hybridized carbons (Fsp3) is 0.400. The molecule has 0 saturated carbocycles. The first-order valence-corrected chi connectivity index (χ1v) is 4.67. The highest BCUT2D eigenvalue weighted by Gasteiger charge is 2.16. The summed E-state index contributed by atoms with van der Waals surface area (Å²) in [6.45, 7) is 1.57. The van der Waals surface area contributed by atoms with E-state index in [9.17, 15) is 9.59 Å². The molecule has 1 aliphatic rings. The van der Waals surface area contributed by atoms with Crippen LogP contribution in [0.1, 0.15) is 13.3 Å². The van der Waals surface area contributed by atoms with Gasteiger partial charge in [-0.05, 0) is 19.4 Å². The molecule has 82 valence electrons. The zero-order valence-corrected chi connectivity index (χ0v) is 8.43. The van der Waals surface area contributed by atoms with Gasteiger partial charge in [0.1, 0.15) is 0 Å². The summed E-state index contributed by atoms with van der Waals surface area (Å²) < 4.78 is 0. The number of carbonyl (C=O) groups is 2. The van der Waals surface area contributed by atoms with Crippen LogP contribution < -0.4 is 11.1 Å². The van der Waals surface area contributed by atoms with Gasteiger partial charge in [0, 0.05) is 5.57 Å². The molecule has 4 N–H and O–H groups in total. The standard InChI is InChI=1S/C10H14N2O3/c1-6(11)9(13)12-8-4-2-3-7(5-8)10(14)15/h2,4-6,8H,3,11H2,1H3,(H,12,13)(H,14,15). The zero-order valence-electron chi connectivity index (χ0n) is 8.43. The van der Waals surface area contributed by atoms with Crippen LogP contribution in [-0.2, 0) is 9.59 Å². The monoisotopic (exact) mass is 210 g/mol. The van der Waals surface area contributed by atoms with E-state index in [1.165, 1.54) is 6.08 Å². The Bertz CT molecular complexity index is 332. The number of nitrogens with one attached hydrogen (secondary N) is 1. The maximum Gasteiger partial charge on any atom is 0.331 e. The summed E-state index contributed by atoms with van der Waals surface area (Å²) in [5.41, 5.74) is 5.66. The predicted molar refractivity (Wildman–Crippen MR) is 55.1 cm³/mol. The van der Waals surface area contributed by atoms with Crippen molar-refractivity contribution in [3.63, 3.8) is 0 Å². The summed E-state index contributed by atoms with van der Waals surface area (Å²) in [4.78, 5) is 21.9. The van der Waals surface area contributed by atoms with Crippen molar-refractivity contribution in [3.8, 4) is 0 Å². The maximum atomic E-state index is 11.2. The number of carboxylic acid groups (broad SMARTS) is 1. The molecule has 0 fully saturated rings. The quantitative estimate of drug-likeness (QED) is 0.562. The predicted octanol–water partition coefficient (Wildman–Crippen LogP) is -0.211. The summed E-state index contributed by atoms with van der Waals surface area (Å²) in [5.74, 6) is -1.26. The van der Waals surface area contributed by atoms with Gasteiger partial charge in [-0.1, -0.05) is 12.2 Å². The molecule has 0 bridgehead atoms. The van der Waals surface area contributed by atoms with Crippen molar-refractivity contribution < 1.29 is 14.7 Å². The molecule has 0 saturated heterocycles. The van der Waals surface area contributed by atoms with Gasteiger partial charge in [0.15, 0.2) is 0 Å². The van der Waals surface area contributed by atoms with Crippen LogP contribution in [0.2, 0.25) is 0 Å². The number of aliphatic carboxylic acids is 1. The molecule has 15 heavy (non-hydrogen) atoms. The number of rotatable bonds is 3. The minimum absolute atomic E-state index is 0.285. The number of nitrogens with two attached hydrogens (primary N) is 1. The van der Waals surface area contributed by atoms with Gasteiger partial charge in [0.2, 0.25) is 5.91 Å². The summed E-state index contributed by atoms with van der Waals surface area (Å²) in [6, 6.07) is -0.967. The fourth-order valence-corrected chi connectivity index (χ4v) is 1.23. The first kappa shape index (κ1) is 11.5. The molecule has 1 amide bonds. The molecule has 0 aliphatic heterocycles. The lowest BCUT2D eigenvalue weighted by molar-refractivity contribution is -0.132. The SMILES string of the molecule is CC(N)C(=O)NC1C=CCC(C(=O)O)=C1. The van der Waals surface area contributed by atoms with Crippen LogP contribution in [-0.4, -0.2) is 29.1 Å². The van der Waals surface area contributed by atoms with E-state index in [0.29, 0.717) is 6.42 Å².